The van der Waals surface area contributed by atoms with E-state index in [0.717, 1.165) is 37.3 Å². The Hall–Kier alpha value is -2.46. The van der Waals surface area contributed by atoms with Gasteiger partial charge < -0.3 is 10.6 Å². The van der Waals surface area contributed by atoms with Crippen molar-refractivity contribution in [3.8, 4) is 6.07 Å². The van der Waals surface area contributed by atoms with Gasteiger partial charge in [-0.2, -0.15) is 5.26 Å². The van der Waals surface area contributed by atoms with Gasteiger partial charge in [0.25, 0.3) is 5.91 Å². The van der Waals surface area contributed by atoms with Crippen molar-refractivity contribution in [2.24, 2.45) is 0 Å². The molecule has 0 spiro atoms. The van der Waals surface area contributed by atoms with E-state index in [9.17, 15) is 10.1 Å². The topological polar surface area (TPSA) is 81.0 Å². The summed E-state index contributed by atoms with van der Waals surface area (Å²) in [6.07, 6.45) is 1.50. The highest BCUT2D eigenvalue weighted by molar-refractivity contribution is 6.31. The fourth-order valence-corrected chi connectivity index (χ4v) is 3.52. The molecular formula is C21H24ClN5O. The average Bonchev–Trinajstić information content (AvgIpc) is 2.67. The Labute approximate surface area is 170 Å². The molecule has 1 atom stereocenters. The van der Waals surface area contributed by atoms with Crippen LogP contribution in [-0.4, -0.2) is 41.5 Å². The van der Waals surface area contributed by atoms with Gasteiger partial charge in [0.05, 0.1) is 27.9 Å². The van der Waals surface area contributed by atoms with E-state index in [1.807, 2.05) is 13.0 Å². The Kier molecular flexibility index (Phi) is 6.30. The number of nitriles is 1. The number of aromatic nitrogens is 1. The number of halogens is 1. The molecule has 2 aromatic rings. The summed E-state index contributed by atoms with van der Waals surface area (Å²) in [5.41, 5.74) is 4.23. The van der Waals surface area contributed by atoms with Gasteiger partial charge in [-0.1, -0.05) is 11.6 Å². The van der Waals surface area contributed by atoms with Crippen molar-refractivity contribution >= 4 is 23.2 Å². The van der Waals surface area contributed by atoms with Crippen molar-refractivity contribution < 1.29 is 4.79 Å². The summed E-state index contributed by atoms with van der Waals surface area (Å²) in [6.45, 7) is 9.52. The van der Waals surface area contributed by atoms with Crippen LogP contribution >= 0.6 is 11.6 Å². The minimum absolute atomic E-state index is 0.297. The third kappa shape index (κ3) is 4.68. The van der Waals surface area contributed by atoms with Crippen LogP contribution in [0.5, 0.6) is 0 Å². The maximum absolute atomic E-state index is 12.7. The maximum Gasteiger partial charge on any atom is 0.257 e. The van der Waals surface area contributed by atoms with Gasteiger partial charge in [-0.05, 0) is 50.1 Å². The van der Waals surface area contributed by atoms with Gasteiger partial charge in [0.15, 0.2) is 0 Å². The van der Waals surface area contributed by atoms with Gasteiger partial charge in [-0.15, -0.1) is 0 Å². The zero-order valence-electron chi connectivity index (χ0n) is 16.3. The summed E-state index contributed by atoms with van der Waals surface area (Å²) in [4.78, 5) is 19.2. The first kappa shape index (κ1) is 20.3. The SMILES string of the molecule is Cc1ncc(C(=O)Nc2cc(C#N)cc(CN3CCN[C@@H](C)C3)c2C)cc1Cl. The van der Waals surface area contributed by atoms with Crippen LogP contribution in [-0.2, 0) is 6.54 Å². The number of carbonyl (C=O) groups excluding carboxylic acids is 1. The zero-order valence-corrected chi connectivity index (χ0v) is 17.1. The van der Waals surface area contributed by atoms with Crippen LogP contribution in [0.1, 0.15) is 39.7 Å². The van der Waals surface area contributed by atoms with E-state index in [-0.39, 0.29) is 5.91 Å². The maximum atomic E-state index is 12.7. The predicted molar refractivity (Wildman–Crippen MR) is 111 cm³/mol. The Bertz CT molecular complexity index is 937. The van der Waals surface area contributed by atoms with Crippen LogP contribution < -0.4 is 10.6 Å². The van der Waals surface area contributed by atoms with Crippen molar-refractivity contribution in [2.45, 2.75) is 33.4 Å². The van der Waals surface area contributed by atoms with E-state index in [1.54, 1.807) is 19.1 Å². The average molecular weight is 398 g/mol. The third-order valence-corrected chi connectivity index (χ3v) is 5.41. The summed E-state index contributed by atoms with van der Waals surface area (Å²) in [5, 5.41) is 16.2. The molecule has 1 aliphatic rings. The van der Waals surface area contributed by atoms with Gasteiger partial charge >= 0.3 is 0 Å². The number of hydrogen-bond acceptors (Lipinski definition) is 5. The van der Waals surface area contributed by atoms with E-state index in [2.05, 4.69) is 33.5 Å². The largest absolute Gasteiger partial charge is 0.322 e. The molecule has 0 saturated carbocycles. The molecule has 0 aliphatic carbocycles. The lowest BCUT2D eigenvalue weighted by atomic mass is 10.0. The molecule has 0 unspecified atom stereocenters. The highest BCUT2D eigenvalue weighted by Gasteiger charge is 2.18. The first-order chi connectivity index (χ1) is 13.4. The number of anilines is 1. The van der Waals surface area contributed by atoms with E-state index in [1.165, 1.54) is 6.20 Å². The summed E-state index contributed by atoms with van der Waals surface area (Å²) >= 11 is 6.09. The van der Waals surface area contributed by atoms with Crippen molar-refractivity contribution in [1.82, 2.24) is 15.2 Å². The zero-order chi connectivity index (χ0) is 20.3. The quantitative estimate of drug-likeness (QED) is 0.827. The van der Waals surface area contributed by atoms with Crippen LogP contribution in [0.25, 0.3) is 0 Å². The van der Waals surface area contributed by atoms with Gasteiger partial charge in [0, 0.05) is 44.1 Å². The molecular weight excluding hydrogens is 374 g/mol. The lowest BCUT2D eigenvalue weighted by molar-refractivity contribution is 0.102. The highest BCUT2D eigenvalue weighted by Crippen LogP contribution is 2.24. The molecule has 0 bridgehead atoms. The van der Waals surface area contributed by atoms with Crippen LogP contribution in [0.2, 0.25) is 5.02 Å². The summed E-state index contributed by atoms with van der Waals surface area (Å²) in [6, 6.07) is 7.85. The molecule has 146 valence electrons. The molecule has 1 aromatic heterocycles. The Balaban J connectivity index is 1.85. The number of carbonyl (C=O) groups is 1. The number of amides is 1. The molecule has 1 saturated heterocycles. The van der Waals surface area contributed by atoms with Gasteiger partial charge in [0.1, 0.15) is 0 Å². The van der Waals surface area contributed by atoms with Crippen molar-refractivity contribution in [2.75, 3.05) is 25.0 Å². The van der Waals surface area contributed by atoms with Crippen LogP contribution in [0.15, 0.2) is 24.4 Å². The number of hydrogen-bond donors (Lipinski definition) is 2. The summed E-state index contributed by atoms with van der Waals surface area (Å²) < 4.78 is 0. The van der Waals surface area contributed by atoms with Crippen molar-refractivity contribution in [3.63, 3.8) is 0 Å². The Morgan fingerprint density at radius 3 is 2.89 bits per heavy atom. The molecule has 1 amide bonds. The molecule has 6 nitrogen and oxygen atoms in total. The van der Waals surface area contributed by atoms with Crippen LogP contribution in [0.4, 0.5) is 5.69 Å². The molecule has 28 heavy (non-hydrogen) atoms. The number of nitrogens with one attached hydrogen (secondary N) is 2. The number of nitrogens with zero attached hydrogens (tertiary/aromatic N) is 3. The van der Waals surface area contributed by atoms with Gasteiger partial charge in [-0.25, -0.2) is 0 Å². The molecule has 1 aromatic carbocycles. The monoisotopic (exact) mass is 397 g/mol. The normalized spacial score (nSPS) is 17.2. The highest BCUT2D eigenvalue weighted by atomic mass is 35.5. The molecule has 1 aliphatic heterocycles. The number of rotatable bonds is 4. The van der Waals surface area contributed by atoms with E-state index in [0.29, 0.717) is 33.6 Å². The molecule has 3 rings (SSSR count). The second-order valence-electron chi connectivity index (χ2n) is 7.26. The summed E-state index contributed by atoms with van der Waals surface area (Å²) in [7, 11) is 0. The third-order valence-electron chi connectivity index (χ3n) is 5.03. The lowest BCUT2D eigenvalue weighted by Crippen LogP contribution is -2.48. The van der Waals surface area contributed by atoms with Crippen molar-refractivity contribution in [3.05, 3.63) is 57.4 Å². The Morgan fingerprint density at radius 1 is 1.43 bits per heavy atom. The number of benzene rings is 1. The van der Waals surface area contributed by atoms with E-state index >= 15 is 0 Å². The second-order valence-corrected chi connectivity index (χ2v) is 7.66. The summed E-state index contributed by atoms with van der Waals surface area (Å²) in [5.74, 6) is -0.297. The first-order valence-electron chi connectivity index (χ1n) is 9.30. The lowest BCUT2D eigenvalue weighted by Gasteiger charge is -2.32. The minimum atomic E-state index is -0.297. The Morgan fingerprint density at radius 2 is 2.21 bits per heavy atom. The molecule has 1 fully saturated rings. The molecule has 2 heterocycles. The van der Waals surface area contributed by atoms with Gasteiger partial charge in [0.2, 0.25) is 0 Å². The fourth-order valence-electron chi connectivity index (χ4n) is 3.35. The molecule has 0 radical (unpaired) electrons. The molecule has 2 N–H and O–H groups in total. The van der Waals surface area contributed by atoms with Crippen LogP contribution in [0, 0.1) is 25.2 Å². The van der Waals surface area contributed by atoms with E-state index < -0.39 is 0 Å². The van der Waals surface area contributed by atoms with Gasteiger partial charge in [-0.3, -0.25) is 14.7 Å². The second kappa shape index (κ2) is 8.70. The predicted octanol–water partition coefficient (Wildman–Crippen LogP) is 3.27. The smallest absolute Gasteiger partial charge is 0.257 e. The first-order valence-corrected chi connectivity index (χ1v) is 9.68. The minimum Gasteiger partial charge on any atom is -0.322 e. The van der Waals surface area contributed by atoms with E-state index in [4.69, 9.17) is 11.6 Å². The molecule has 7 heteroatoms. The standard InChI is InChI=1S/C21H24ClN5O/c1-13-11-27(5-4-24-13)12-18-6-16(9-23)7-20(14(18)2)26-21(28)17-8-19(22)15(3)25-10-17/h6-8,10,13,24H,4-5,11-12H2,1-3H3,(H,26,28)/t13-/m0/s1. The number of aryl methyl sites for hydroxylation is 1. The van der Waals surface area contributed by atoms with Crippen molar-refractivity contribution in [1.29, 1.82) is 5.26 Å². The fraction of sp³-hybridized carbons (Fsp3) is 0.381. The number of pyridine rings is 1. The van der Waals surface area contributed by atoms with Crippen LogP contribution in [0.3, 0.4) is 0 Å². The number of piperazine rings is 1.